The predicted octanol–water partition coefficient (Wildman–Crippen LogP) is -0.293. The lowest BCUT2D eigenvalue weighted by molar-refractivity contribution is -0.123. The van der Waals surface area contributed by atoms with Crippen LogP contribution in [0, 0.1) is 6.92 Å². The fourth-order valence-corrected chi connectivity index (χ4v) is 1.44. The summed E-state index contributed by atoms with van der Waals surface area (Å²) in [6.07, 6.45) is 0. The minimum Gasteiger partial charge on any atom is -0.478 e. The van der Waals surface area contributed by atoms with Crippen LogP contribution in [0.15, 0.2) is 18.2 Å². The Bertz CT molecular complexity index is 514. The first-order chi connectivity index (χ1) is 8.93. The van der Waals surface area contributed by atoms with Crippen molar-refractivity contribution in [3.8, 4) is 0 Å². The number of nitrogens with one attached hydrogen (secondary N) is 2. The maximum absolute atomic E-state index is 11.5. The minimum absolute atomic E-state index is 0.175. The lowest BCUT2D eigenvalue weighted by Crippen LogP contribution is -2.36. The first-order valence-corrected chi connectivity index (χ1v) is 5.54. The van der Waals surface area contributed by atoms with Crippen molar-refractivity contribution in [2.75, 3.05) is 18.4 Å². The van der Waals surface area contributed by atoms with Crippen molar-refractivity contribution >= 4 is 23.5 Å². The second kappa shape index (κ2) is 6.50. The van der Waals surface area contributed by atoms with Gasteiger partial charge in [0.15, 0.2) is 0 Å². The molecule has 0 atom stereocenters. The Labute approximate surface area is 109 Å². The Hall–Kier alpha value is -2.41. The van der Waals surface area contributed by atoms with Crippen LogP contribution in [0.3, 0.4) is 0 Å². The van der Waals surface area contributed by atoms with Crippen molar-refractivity contribution in [3.05, 3.63) is 29.3 Å². The molecule has 0 bridgehead atoms. The van der Waals surface area contributed by atoms with Crippen LogP contribution < -0.4 is 16.4 Å². The van der Waals surface area contributed by atoms with Gasteiger partial charge in [0.2, 0.25) is 11.8 Å². The van der Waals surface area contributed by atoms with E-state index in [1.54, 1.807) is 13.0 Å². The van der Waals surface area contributed by atoms with E-state index in [0.717, 1.165) is 0 Å². The summed E-state index contributed by atoms with van der Waals surface area (Å²) in [6, 6.07) is 4.44. The molecule has 1 aromatic rings. The van der Waals surface area contributed by atoms with Gasteiger partial charge in [0.05, 0.1) is 18.7 Å². The fourth-order valence-electron chi connectivity index (χ4n) is 1.44. The largest absolute Gasteiger partial charge is 0.478 e. The highest BCUT2D eigenvalue weighted by atomic mass is 16.4. The smallest absolute Gasteiger partial charge is 0.335 e. The van der Waals surface area contributed by atoms with Gasteiger partial charge in [0, 0.05) is 5.69 Å². The first-order valence-electron chi connectivity index (χ1n) is 5.54. The van der Waals surface area contributed by atoms with Gasteiger partial charge in [-0.25, -0.2) is 4.79 Å². The Morgan fingerprint density at radius 3 is 2.47 bits per heavy atom. The minimum atomic E-state index is -1.02. The van der Waals surface area contributed by atoms with E-state index in [4.69, 9.17) is 10.8 Å². The van der Waals surface area contributed by atoms with E-state index < -0.39 is 17.8 Å². The van der Waals surface area contributed by atoms with Crippen LogP contribution >= 0.6 is 0 Å². The van der Waals surface area contributed by atoms with Crippen molar-refractivity contribution in [2.24, 2.45) is 5.73 Å². The van der Waals surface area contributed by atoms with Gasteiger partial charge in [0.1, 0.15) is 0 Å². The number of aromatic carboxylic acids is 1. The third-order valence-electron chi connectivity index (χ3n) is 2.37. The van der Waals surface area contributed by atoms with Gasteiger partial charge < -0.3 is 21.5 Å². The zero-order valence-corrected chi connectivity index (χ0v) is 10.4. The van der Waals surface area contributed by atoms with Crippen molar-refractivity contribution in [2.45, 2.75) is 6.92 Å². The molecule has 0 aliphatic rings. The first kappa shape index (κ1) is 14.7. The molecule has 1 rings (SSSR count). The number of anilines is 1. The number of nitrogens with two attached hydrogens (primary N) is 1. The molecule has 0 spiro atoms. The fraction of sp³-hybridized carbons (Fsp3) is 0.250. The van der Waals surface area contributed by atoms with E-state index in [2.05, 4.69) is 10.6 Å². The van der Waals surface area contributed by atoms with Crippen LogP contribution in [-0.4, -0.2) is 36.0 Å². The molecule has 0 saturated carbocycles. The summed E-state index contributed by atoms with van der Waals surface area (Å²) in [7, 11) is 0. The van der Waals surface area contributed by atoms with Crippen LogP contribution in [0.1, 0.15) is 15.9 Å². The van der Waals surface area contributed by atoms with Crippen LogP contribution in [0.2, 0.25) is 0 Å². The zero-order valence-electron chi connectivity index (χ0n) is 10.4. The van der Waals surface area contributed by atoms with E-state index in [-0.39, 0.29) is 18.7 Å². The van der Waals surface area contributed by atoms with Crippen molar-refractivity contribution < 1.29 is 19.5 Å². The van der Waals surface area contributed by atoms with E-state index >= 15 is 0 Å². The van der Waals surface area contributed by atoms with Gasteiger partial charge in [-0.3, -0.25) is 9.59 Å². The van der Waals surface area contributed by atoms with Crippen LogP contribution in [0.5, 0.6) is 0 Å². The summed E-state index contributed by atoms with van der Waals surface area (Å²) < 4.78 is 0. The molecule has 0 aromatic heterocycles. The van der Waals surface area contributed by atoms with Crippen LogP contribution in [0.4, 0.5) is 5.69 Å². The van der Waals surface area contributed by atoms with Gasteiger partial charge in [-0.05, 0) is 30.7 Å². The third kappa shape index (κ3) is 4.40. The summed E-state index contributed by atoms with van der Waals surface area (Å²) in [5.41, 5.74) is 6.26. The highest BCUT2D eigenvalue weighted by molar-refractivity contribution is 5.96. The lowest BCUT2D eigenvalue weighted by atomic mass is 10.1. The number of amides is 2. The highest BCUT2D eigenvalue weighted by Crippen LogP contribution is 2.15. The second-order valence-corrected chi connectivity index (χ2v) is 3.86. The third-order valence-corrected chi connectivity index (χ3v) is 2.37. The van der Waals surface area contributed by atoms with E-state index in [9.17, 15) is 14.4 Å². The number of hydrogen-bond acceptors (Lipinski definition) is 4. The maximum Gasteiger partial charge on any atom is 0.335 e. The molecule has 5 N–H and O–H groups in total. The molecule has 0 radical (unpaired) electrons. The Kier molecular flexibility index (Phi) is 5.01. The molecule has 19 heavy (non-hydrogen) atoms. The van der Waals surface area contributed by atoms with E-state index in [0.29, 0.717) is 11.3 Å². The Morgan fingerprint density at radius 1 is 1.26 bits per heavy atom. The number of carbonyl (C=O) groups is 3. The normalized spacial score (nSPS) is 9.79. The van der Waals surface area contributed by atoms with Crippen molar-refractivity contribution in [3.63, 3.8) is 0 Å². The summed E-state index contributed by atoms with van der Waals surface area (Å²) in [4.78, 5) is 33.2. The number of carboxylic acids is 1. The summed E-state index contributed by atoms with van der Waals surface area (Å²) >= 11 is 0. The number of aryl methyl sites for hydroxylation is 1. The average molecular weight is 265 g/mol. The molecule has 7 heteroatoms. The summed E-state index contributed by atoms with van der Waals surface area (Å²) in [5, 5.41) is 13.7. The Morgan fingerprint density at radius 2 is 1.95 bits per heavy atom. The SMILES string of the molecule is Cc1cc(NC(=O)CNC(=O)CN)ccc1C(=O)O. The monoisotopic (exact) mass is 265 g/mol. The molecule has 7 nitrogen and oxygen atoms in total. The topological polar surface area (TPSA) is 122 Å². The molecule has 0 saturated heterocycles. The van der Waals surface area contributed by atoms with Gasteiger partial charge in [-0.2, -0.15) is 0 Å². The van der Waals surface area contributed by atoms with Crippen molar-refractivity contribution in [1.29, 1.82) is 0 Å². The summed E-state index contributed by atoms with van der Waals surface area (Å²) in [6.45, 7) is 1.27. The molecule has 0 heterocycles. The van der Waals surface area contributed by atoms with Gasteiger partial charge in [0.25, 0.3) is 0 Å². The highest BCUT2D eigenvalue weighted by Gasteiger charge is 2.09. The van der Waals surface area contributed by atoms with Crippen molar-refractivity contribution in [1.82, 2.24) is 5.32 Å². The molecular weight excluding hydrogens is 250 g/mol. The lowest BCUT2D eigenvalue weighted by Gasteiger charge is -2.08. The quantitative estimate of drug-likeness (QED) is 0.582. The van der Waals surface area contributed by atoms with Gasteiger partial charge in [-0.1, -0.05) is 0 Å². The average Bonchev–Trinajstić information content (AvgIpc) is 2.35. The molecule has 0 unspecified atom stereocenters. The van der Waals surface area contributed by atoms with Crippen LogP contribution in [0.25, 0.3) is 0 Å². The molecular formula is C12H15N3O4. The molecule has 0 fully saturated rings. The zero-order chi connectivity index (χ0) is 14.4. The number of carbonyl (C=O) groups excluding carboxylic acids is 2. The molecule has 0 aliphatic heterocycles. The standard InChI is InChI=1S/C12H15N3O4/c1-7-4-8(2-3-9(7)12(18)19)15-11(17)6-14-10(16)5-13/h2-4H,5-6,13H2,1H3,(H,14,16)(H,15,17)(H,18,19). The van der Waals surface area contributed by atoms with E-state index in [1.807, 2.05) is 0 Å². The van der Waals surface area contributed by atoms with Gasteiger partial charge >= 0.3 is 5.97 Å². The molecule has 102 valence electrons. The summed E-state index contributed by atoms with van der Waals surface area (Å²) in [5.74, 6) is -1.86. The van der Waals surface area contributed by atoms with Crippen LogP contribution in [-0.2, 0) is 9.59 Å². The molecule has 1 aromatic carbocycles. The molecule has 0 aliphatic carbocycles. The van der Waals surface area contributed by atoms with Gasteiger partial charge in [-0.15, -0.1) is 0 Å². The second-order valence-electron chi connectivity index (χ2n) is 3.86. The number of carboxylic acid groups (broad SMARTS) is 1. The number of hydrogen-bond donors (Lipinski definition) is 4. The number of benzene rings is 1. The molecule has 2 amide bonds. The maximum atomic E-state index is 11.5. The van der Waals surface area contributed by atoms with E-state index in [1.165, 1.54) is 12.1 Å². The Balaban J connectivity index is 2.63. The number of rotatable bonds is 5. The predicted molar refractivity (Wildman–Crippen MR) is 68.8 cm³/mol.